The van der Waals surface area contributed by atoms with Gasteiger partial charge < -0.3 is 10.1 Å². The van der Waals surface area contributed by atoms with Crippen molar-refractivity contribution in [3.8, 4) is 5.88 Å². The Bertz CT molecular complexity index is 1280. The number of rotatable bonds is 9. The van der Waals surface area contributed by atoms with Crippen molar-refractivity contribution in [2.45, 2.75) is 63.5 Å². The number of halogens is 4. The van der Waals surface area contributed by atoms with E-state index in [-0.39, 0.29) is 36.4 Å². The summed E-state index contributed by atoms with van der Waals surface area (Å²) < 4.78 is 55.6. The lowest BCUT2D eigenvalue weighted by Crippen LogP contribution is -2.28. The van der Waals surface area contributed by atoms with Gasteiger partial charge in [0.2, 0.25) is 5.88 Å². The highest BCUT2D eigenvalue weighted by atomic mass is 32.1. The van der Waals surface area contributed by atoms with E-state index >= 15 is 0 Å². The van der Waals surface area contributed by atoms with Crippen LogP contribution in [0.5, 0.6) is 5.88 Å². The van der Waals surface area contributed by atoms with Gasteiger partial charge in [0.25, 0.3) is 5.91 Å². The molecule has 0 spiro atoms. The molecule has 13 heteroatoms. The molecule has 198 valence electrons. The normalized spacial score (nSPS) is 22.6. The lowest BCUT2D eigenvalue weighted by atomic mass is 9.90. The Hall–Kier alpha value is -3.05. The molecule has 1 amide bonds. The second-order valence-electron chi connectivity index (χ2n) is 9.71. The number of fused-ring (bicyclic) bond motifs is 1. The number of nitrogens with zero attached hydrogens (tertiary/aromatic N) is 4. The molecule has 1 N–H and O–H groups in total. The first-order chi connectivity index (χ1) is 17.6. The zero-order valence-corrected chi connectivity index (χ0v) is 20.8. The van der Waals surface area contributed by atoms with E-state index in [1.807, 2.05) is 0 Å². The number of carbonyl (C=O) groups excluding carboxylic acids is 2. The standard InChI is InChI=1S/C24H25F4N5O3S/c1-33-20(9-21(32-33)36-24(26,27)28)31-11-30-13-4-5-18-15(6-13)22(23(35)29-10-12-2-3-12)19(37-18)8-17(34)14-7-16(14)25/h9,12-14,16H,2-8,10H2,1H3,(H,29,35)/t13-,14-,16+/m0/s1. The molecule has 2 fully saturated rings. The van der Waals surface area contributed by atoms with E-state index in [0.29, 0.717) is 42.2 Å². The second-order valence-corrected chi connectivity index (χ2v) is 10.9. The van der Waals surface area contributed by atoms with Crippen molar-refractivity contribution in [1.29, 1.82) is 0 Å². The topological polar surface area (TPSA) is 97.9 Å². The largest absolute Gasteiger partial charge is 0.574 e. The highest BCUT2D eigenvalue weighted by molar-refractivity contribution is 7.12. The first kappa shape index (κ1) is 25.6. The summed E-state index contributed by atoms with van der Waals surface area (Å²) in [6.45, 7) is 0.588. The summed E-state index contributed by atoms with van der Waals surface area (Å²) in [6, 6.07) is 3.32. The number of hydrogen-bond donors (Lipinski definition) is 1. The quantitative estimate of drug-likeness (QED) is 0.378. The van der Waals surface area contributed by atoms with Gasteiger partial charge in [-0.2, -0.15) is 4.99 Å². The molecule has 0 saturated heterocycles. The van der Waals surface area contributed by atoms with Gasteiger partial charge in [0.1, 0.15) is 12.0 Å². The lowest BCUT2D eigenvalue weighted by Gasteiger charge is -2.19. The zero-order chi connectivity index (χ0) is 26.3. The van der Waals surface area contributed by atoms with Crippen molar-refractivity contribution in [2.24, 2.45) is 28.9 Å². The predicted octanol–water partition coefficient (Wildman–Crippen LogP) is 4.35. The minimum Gasteiger partial charge on any atom is -0.386 e. The van der Waals surface area contributed by atoms with Crippen molar-refractivity contribution in [3.63, 3.8) is 0 Å². The third-order valence-corrected chi connectivity index (χ3v) is 7.99. The van der Waals surface area contributed by atoms with Crippen molar-refractivity contribution >= 4 is 34.9 Å². The molecule has 0 radical (unpaired) electrons. The van der Waals surface area contributed by atoms with Crippen LogP contribution in [0.1, 0.15) is 51.4 Å². The molecule has 5 rings (SSSR count). The van der Waals surface area contributed by atoms with Crippen LogP contribution in [0.4, 0.5) is 23.4 Å². The number of amides is 1. The number of carbonyl (C=O) groups is 2. The molecule has 37 heavy (non-hydrogen) atoms. The third kappa shape index (κ3) is 6.27. The highest BCUT2D eigenvalue weighted by Crippen LogP contribution is 2.40. The van der Waals surface area contributed by atoms with Gasteiger partial charge in [-0.05, 0) is 50.0 Å². The first-order valence-electron chi connectivity index (χ1n) is 12.1. The van der Waals surface area contributed by atoms with Crippen LogP contribution in [0, 0.1) is 11.8 Å². The Morgan fingerprint density at radius 3 is 2.76 bits per heavy atom. The number of Topliss-reactive ketones (excluding diaryl/α,β-unsaturated/α-hetero) is 1. The van der Waals surface area contributed by atoms with Crippen LogP contribution < -0.4 is 10.1 Å². The molecular formula is C24H25F4N5O3S. The summed E-state index contributed by atoms with van der Waals surface area (Å²) in [4.78, 5) is 35.7. The Morgan fingerprint density at radius 1 is 1.32 bits per heavy atom. The zero-order valence-electron chi connectivity index (χ0n) is 20.0. The van der Waals surface area contributed by atoms with E-state index in [1.165, 1.54) is 18.4 Å². The summed E-state index contributed by atoms with van der Waals surface area (Å²) in [5.41, 5.74) is 1.35. The number of ketones is 1. The van der Waals surface area contributed by atoms with Crippen LogP contribution in [0.2, 0.25) is 0 Å². The molecular weight excluding hydrogens is 514 g/mol. The van der Waals surface area contributed by atoms with E-state index in [9.17, 15) is 27.2 Å². The fourth-order valence-corrected chi connectivity index (χ4v) is 5.78. The van der Waals surface area contributed by atoms with Crippen molar-refractivity contribution in [1.82, 2.24) is 15.1 Å². The maximum Gasteiger partial charge on any atom is 0.574 e. The number of nitrogens with one attached hydrogen (secondary N) is 1. The van der Waals surface area contributed by atoms with E-state index in [4.69, 9.17) is 0 Å². The third-order valence-electron chi connectivity index (χ3n) is 6.70. The second kappa shape index (κ2) is 10.0. The molecule has 3 atom stereocenters. The van der Waals surface area contributed by atoms with Gasteiger partial charge in [-0.1, -0.05) is 0 Å². The highest BCUT2D eigenvalue weighted by Gasteiger charge is 2.44. The minimum atomic E-state index is -4.86. The summed E-state index contributed by atoms with van der Waals surface area (Å²) in [5.74, 6) is -1.01. The number of thiophene rings is 1. The maximum absolute atomic E-state index is 13.4. The van der Waals surface area contributed by atoms with E-state index in [0.717, 1.165) is 34.0 Å². The van der Waals surface area contributed by atoms with Crippen molar-refractivity contribution < 1.29 is 31.9 Å². The van der Waals surface area contributed by atoms with Gasteiger partial charge in [-0.25, -0.2) is 14.1 Å². The van der Waals surface area contributed by atoms with Crippen LogP contribution in [-0.2, 0) is 31.1 Å². The Balaban J connectivity index is 1.33. The van der Waals surface area contributed by atoms with Gasteiger partial charge >= 0.3 is 6.36 Å². The van der Waals surface area contributed by atoms with E-state index in [2.05, 4.69) is 31.1 Å². The average Bonchev–Trinajstić information content (AvgIpc) is 3.72. The molecule has 8 nitrogen and oxygen atoms in total. The number of aliphatic imine (C=N–C) groups is 2. The van der Waals surface area contributed by atoms with Crippen LogP contribution in [0.25, 0.3) is 0 Å². The van der Waals surface area contributed by atoms with Gasteiger partial charge in [-0.3, -0.25) is 9.59 Å². The summed E-state index contributed by atoms with van der Waals surface area (Å²) in [5, 5.41) is 6.59. The van der Waals surface area contributed by atoms with Gasteiger partial charge in [0, 0.05) is 35.8 Å². The predicted molar refractivity (Wildman–Crippen MR) is 126 cm³/mol. The molecule has 2 aromatic heterocycles. The average molecular weight is 540 g/mol. The minimum absolute atomic E-state index is 0.0488. The van der Waals surface area contributed by atoms with Crippen LogP contribution in [0.3, 0.4) is 0 Å². The van der Waals surface area contributed by atoms with Gasteiger partial charge in [0.15, 0.2) is 5.82 Å². The molecule has 3 aliphatic rings. The first-order valence-corrected chi connectivity index (χ1v) is 12.9. The molecule has 0 bridgehead atoms. The molecule has 2 heterocycles. The Labute approximate surface area is 213 Å². The van der Waals surface area contributed by atoms with E-state index in [1.54, 1.807) is 0 Å². The van der Waals surface area contributed by atoms with Gasteiger partial charge in [-0.15, -0.1) is 29.6 Å². The fraction of sp³-hybridized carbons (Fsp3) is 0.583. The van der Waals surface area contributed by atoms with Crippen LogP contribution >= 0.6 is 11.3 Å². The number of aryl methyl sites for hydroxylation is 2. The summed E-state index contributed by atoms with van der Waals surface area (Å²) in [6.07, 6.45) is -1.71. The monoisotopic (exact) mass is 539 g/mol. The fourth-order valence-electron chi connectivity index (χ4n) is 4.42. The summed E-state index contributed by atoms with van der Waals surface area (Å²) >= 11 is 1.44. The van der Waals surface area contributed by atoms with Crippen molar-refractivity contribution in [3.05, 3.63) is 26.9 Å². The van der Waals surface area contributed by atoms with Crippen LogP contribution in [-0.4, -0.2) is 52.6 Å². The van der Waals surface area contributed by atoms with Gasteiger partial charge in [0.05, 0.1) is 23.5 Å². The molecule has 3 aliphatic carbocycles. The number of hydrogen-bond acceptors (Lipinski definition) is 7. The molecule has 0 aliphatic heterocycles. The maximum atomic E-state index is 13.4. The number of aromatic nitrogens is 2. The molecule has 0 unspecified atom stereocenters. The summed E-state index contributed by atoms with van der Waals surface area (Å²) in [7, 11) is 1.42. The lowest BCUT2D eigenvalue weighted by molar-refractivity contribution is -0.276. The Kier molecular flexibility index (Phi) is 6.93. The number of ether oxygens (including phenoxy) is 1. The van der Waals surface area contributed by atoms with Crippen molar-refractivity contribution in [2.75, 3.05) is 6.54 Å². The number of alkyl halides is 4. The molecule has 0 aromatic carbocycles. The Morgan fingerprint density at radius 2 is 2.08 bits per heavy atom. The molecule has 2 aromatic rings. The smallest absolute Gasteiger partial charge is 0.386 e. The van der Waals surface area contributed by atoms with E-state index < -0.39 is 24.3 Å². The SMILES string of the molecule is Cn1nc(OC(F)(F)F)cc1N=C=N[C@H]1CCc2sc(CC(=O)[C@H]3C[C@H]3F)c(C(=O)NCC3CC3)c2C1. The van der Waals surface area contributed by atoms with Crippen LogP contribution in [0.15, 0.2) is 16.1 Å². The molecule has 2 saturated carbocycles.